The first-order chi connectivity index (χ1) is 48.2. The number of amidine groups is 3. The third-order valence-corrected chi connectivity index (χ3v) is 18.1. The number of thioether (sulfide) groups is 1. The quantitative estimate of drug-likeness (QED) is 0.0337. The number of anilines is 6. The van der Waals surface area contributed by atoms with Crippen LogP contribution in [0.5, 0.6) is 0 Å². The van der Waals surface area contributed by atoms with Crippen LogP contribution in [-0.4, -0.2) is 186 Å². The third-order valence-electron chi connectivity index (χ3n) is 16.4. The lowest BCUT2D eigenvalue weighted by molar-refractivity contribution is 0.101. The van der Waals surface area contributed by atoms with Gasteiger partial charge in [0.2, 0.25) is 0 Å². The van der Waals surface area contributed by atoms with E-state index in [1.165, 1.54) is 32.6 Å². The highest BCUT2D eigenvalue weighted by atomic mass is 35.5. The molecule has 3 fully saturated rings. The van der Waals surface area contributed by atoms with Crippen LogP contribution in [-0.2, 0) is 21.1 Å². The summed E-state index contributed by atoms with van der Waals surface area (Å²) in [6.07, 6.45) is 4.21. The zero-order valence-electron chi connectivity index (χ0n) is 55.0. The van der Waals surface area contributed by atoms with Gasteiger partial charge in [0.1, 0.15) is 51.7 Å². The fourth-order valence-electron chi connectivity index (χ4n) is 10.6. The topological polar surface area (TPSA) is 325 Å². The molecule has 9 aromatic rings. The molecule has 6 amide bonds. The van der Waals surface area contributed by atoms with E-state index in [0.29, 0.717) is 66.3 Å². The van der Waals surface area contributed by atoms with E-state index in [4.69, 9.17) is 51.0 Å². The number of aromatic nitrogens is 6. The third kappa shape index (κ3) is 18.7. The molecule has 0 unspecified atom stereocenters. The molecule has 0 saturated carbocycles. The smallest absolute Gasteiger partial charge is 0.261 e. The zero-order chi connectivity index (χ0) is 71.0. The van der Waals surface area contributed by atoms with Crippen molar-refractivity contribution < 1.29 is 28.8 Å². The van der Waals surface area contributed by atoms with Crippen LogP contribution in [0.15, 0.2) is 164 Å². The van der Waals surface area contributed by atoms with Crippen molar-refractivity contribution in [2.24, 2.45) is 21.1 Å². The van der Waals surface area contributed by atoms with Gasteiger partial charge in [0.15, 0.2) is 0 Å². The van der Waals surface area contributed by atoms with Crippen molar-refractivity contribution in [3.8, 4) is 0 Å². The Labute approximate surface area is 596 Å². The fraction of sp³-hybridized carbons (Fsp3) is 0.229. The molecule has 3 aliphatic rings. The van der Waals surface area contributed by atoms with Gasteiger partial charge in [-0.05, 0) is 116 Å². The number of nitrogens with zero attached hydrogens (tertiary/aromatic N) is 10. The van der Waals surface area contributed by atoms with Crippen molar-refractivity contribution in [2.75, 3.05) is 116 Å². The highest BCUT2D eigenvalue weighted by Crippen LogP contribution is 2.25. The van der Waals surface area contributed by atoms with Crippen molar-refractivity contribution >= 4 is 134 Å². The van der Waals surface area contributed by atoms with E-state index >= 15 is 0 Å². The predicted molar refractivity (Wildman–Crippen MR) is 394 cm³/mol. The van der Waals surface area contributed by atoms with Gasteiger partial charge in [0.25, 0.3) is 35.4 Å². The Morgan fingerprint density at radius 3 is 0.930 bits per heavy atom. The van der Waals surface area contributed by atoms with E-state index in [2.05, 4.69) is 64.5 Å². The van der Waals surface area contributed by atoms with E-state index < -0.39 is 17.7 Å². The van der Waals surface area contributed by atoms with E-state index in [0.717, 1.165) is 93.6 Å². The van der Waals surface area contributed by atoms with Gasteiger partial charge < -0.3 is 56.8 Å². The summed E-state index contributed by atoms with van der Waals surface area (Å²) in [7, 11) is 7.01. The first kappa shape index (κ1) is 72.1. The first-order valence-corrected chi connectivity index (χ1v) is 33.9. The molecule has 0 spiro atoms. The van der Waals surface area contributed by atoms with Crippen molar-refractivity contribution in [3.05, 3.63) is 229 Å². The highest BCUT2D eigenvalue weighted by molar-refractivity contribution is 7.99. The molecule has 26 nitrogen and oxygen atoms in total. The number of piperazine rings is 2. The second-order valence-corrected chi connectivity index (χ2v) is 25.8. The normalized spacial score (nSPS) is 13.7. The minimum absolute atomic E-state index is 0.234. The number of hydrogen-bond acceptors (Lipinski definition) is 15. The summed E-state index contributed by atoms with van der Waals surface area (Å²) < 4.78 is 4.31. The van der Waals surface area contributed by atoms with Crippen LogP contribution < -0.4 is 37.2 Å². The Hall–Kier alpha value is -10.7. The number of rotatable bonds is 15. The molecule has 10 N–H and O–H groups in total. The zero-order valence-corrected chi connectivity index (χ0v) is 58.1. The summed E-state index contributed by atoms with van der Waals surface area (Å²) >= 11 is 19.6. The summed E-state index contributed by atoms with van der Waals surface area (Å²) in [5, 5.41) is 59.2. The number of amides is 6. The number of carbonyl (C=O) groups excluding carboxylic acids is 6. The van der Waals surface area contributed by atoms with Crippen LogP contribution in [0.25, 0.3) is 0 Å². The molecule has 3 aliphatic heterocycles. The number of benzene rings is 6. The molecular formula is C70H73Cl3N20O6S. The average molecular weight is 1430 g/mol. The van der Waals surface area contributed by atoms with Crippen molar-refractivity contribution in [3.63, 3.8) is 0 Å². The molecule has 0 radical (unpaired) electrons. The maximum absolute atomic E-state index is 12.9. The minimum atomic E-state index is -0.402. The van der Waals surface area contributed by atoms with E-state index in [9.17, 15) is 28.8 Å². The van der Waals surface area contributed by atoms with Crippen LogP contribution in [0, 0.1) is 16.2 Å². The largest absolute Gasteiger partial charge is 0.355 e. The lowest BCUT2D eigenvalue weighted by atomic mass is 10.1. The van der Waals surface area contributed by atoms with Gasteiger partial charge in [-0.15, -0.1) is 0 Å². The number of nitrogens with one attached hydrogen (secondary N) is 10. The number of carbonyl (C=O) groups is 6. The van der Waals surface area contributed by atoms with Gasteiger partial charge in [-0.25, -0.2) is 0 Å². The van der Waals surface area contributed by atoms with Crippen molar-refractivity contribution in [2.45, 2.75) is 0 Å². The molecule has 30 heteroatoms. The number of hydrogen-bond donors (Lipinski definition) is 10. The molecule has 0 atom stereocenters. The van der Waals surface area contributed by atoms with Crippen molar-refractivity contribution in [1.29, 1.82) is 16.2 Å². The van der Waals surface area contributed by atoms with Gasteiger partial charge in [0, 0.05) is 164 Å². The maximum atomic E-state index is 12.9. The van der Waals surface area contributed by atoms with E-state index in [1.54, 1.807) is 167 Å². The summed E-state index contributed by atoms with van der Waals surface area (Å²) in [6.45, 7) is 8.41. The summed E-state index contributed by atoms with van der Waals surface area (Å²) in [4.78, 5) is 85.2. The van der Waals surface area contributed by atoms with Gasteiger partial charge in [-0.3, -0.25) is 59.0 Å². The van der Waals surface area contributed by atoms with E-state index in [-0.39, 0.29) is 51.9 Å². The fourth-order valence-corrected chi connectivity index (χ4v) is 11.9. The lowest BCUT2D eigenvalue weighted by Crippen LogP contribution is -2.47. The molecular weight excluding hydrogens is 1360 g/mol. The maximum Gasteiger partial charge on any atom is 0.261 e. The number of aryl methyl sites for hydroxylation is 3. The minimum Gasteiger partial charge on any atom is -0.355 e. The Kier molecular flexibility index (Phi) is 24.3. The van der Waals surface area contributed by atoms with Gasteiger partial charge in [0.05, 0.1) is 18.6 Å². The van der Waals surface area contributed by atoms with Crippen LogP contribution in [0.4, 0.5) is 34.5 Å². The molecule has 12 rings (SSSR count). The Morgan fingerprint density at radius 1 is 0.360 bits per heavy atom. The van der Waals surface area contributed by atoms with Crippen LogP contribution in [0.3, 0.4) is 0 Å². The molecule has 6 aromatic carbocycles. The summed E-state index contributed by atoms with van der Waals surface area (Å²) in [6, 6.07) is 40.9. The Morgan fingerprint density at radius 2 is 0.630 bits per heavy atom. The molecule has 516 valence electrons. The molecule has 0 bridgehead atoms. The number of halogens is 3. The number of likely N-dealkylation sites (N-methyl/N-ethyl adjacent to an activating group) is 1. The van der Waals surface area contributed by atoms with E-state index in [1.807, 2.05) is 26.5 Å². The predicted octanol–water partition coefficient (Wildman–Crippen LogP) is 9.91. The highest BCUT2D eigenvalue weighted by Gasteiger charge is 2.25. The van der Waals surface area contributed by atoms with Crippen LogP contribution in [0.2, 0.25) is 15.1 Å². The van der Waals surface area contributed by atoms with Gasteiger partial charge in [-0.2, -0.15) is 27.1 Å². The Balaban J connectivity index is 0.000000162. The van der Waals surface area contributed by atoms with Crippen LogP contribution in [0.1, 0.15) is 78.8 Å². The molecule has 3 aromatic heterocycles. The first-order valence-electron chi connectivity index (χ1n) is 31.7. The summed E-state index contributed by atoms with van der Waals surface area (Å²) in [5.74, 6) is 1.92. The summed E-state index contributed by atoms with van der Waals surface area (Å²) in [5.41, 5.74) is 5.96. The van der Waals surface area contributed by atoms with Crippen LogP contribution >= 0.6 is 46.6 Å². The molecule has 0 aliphatic carbocycles. The lowest BCUT2D eigenvalue weighted by Gasteiger charge is -2.34. The van der Waals surface area contributed by atoms with Gasteiger partial charge >= 0.3 is 0 Å². The second-order valence-electron chi connectivity index (χ2n) is 23.2. The molecule has 3 saturated heterocycles. The van der Waals surface area contributed by atoms with Crippen molar-refractivity contribution in [1.82, 2.24) is 54.3 Å². The van der Waals surface area contributed by atoms with Gasteiger partial charge in [-0.1, -0.05) is 71.2 Å². The SMILES string of the molecule is CN1CCN(C(=N)c2ccc(C(=O)Nc3c(C(=O)Nc4ccc(Cl)cc4)cnn3C)cc2)CC1.Cn1ncc(C(=O)Nc2ccc(Cl)cc2)c1NC(=O)c1ccc(C(=N)N2CCNCC2)cc1.Cn1ncc(C(=O)Nc2ccc(Cl)cc2)c1NC(=O)c1ccc(C(=N)N2CCSCC2)cc1. The Bertz CT molecular complexity index is 4250. The average Bonchev–Trinajstić information content (AvgIpc) is 1.62. The standard InChI is InChI=1S/C24H26ClN7O2.C23H24ClN7O2.C23H23ClN6O2S/c1-30-11-13-32(14-12-30)21(26)16-3-5-17(6-4-16)23(33)29-22-20(15-27-31(22)2)24(34)28-19-9-7-18(25)8-10-19;1-30-21(19(14-27-30)23(33)28-18-8-6-17(24)7-9-18)29-22(32)16-4-2-15(3-5-16)20(25)31-12-10-26-11-13-31;1-29-21(19(14-26-29)23(32)27-18-8-6-17(24)7-9-18)28-22(31)16-4-2-15(3-5-16)20(25)30-10-12-33-13-11-30/h3-10,15,26H,11-14H2,1-2H3,(H,28,34)(H,29,33);2-9,14,25-26H,10-13H2,1H3,(H,28,33)(H,29,32);2-9,14,25H,10-13H2,1H3,(H,27,32)(H,28,31). The monoisotopic (exact) mass is 1430 g/mol. The second kappa shape index (κ2) is 33.7. The molecule has 100 heavy (non-hydrogen) atoms. The molecule has 6 heterocycles.